The number of phenolic OH excluding ortho intramolecular Hbond substituents is 1. The maximum Gasteiger partial charge on any atom is 0.231 e. The lowest BCUT2D eigenvalue weighted by molar-refractivity contribution is 0.174. The van der Waals surface area contributed by atoms with Crippen LogP contribution >= 0.6 is 15.9 Å². The van der Waals surface area contributed by atoms with E-state index in [0.29, 0.717) is 18.0 Å². The Balaban J connectivity index is 1.81. The van der Waals surface area contributed by atoms with Crippen LogP contribution in [0.25, 0.3) is 0 Å². The highest BCUT2D eigenvalue weighted by Gasteiger charge is 2.17. The second-order valence-corrected chi connectivity index (χ2v) is 5.45. The van der Waals surface area contributed by atoms with Crippen LogP contribution in [0, 0.1) is 0 Å². The molecule has 0 saturated carbocycles. The van der Waals surface area contributed by atoms with Gasteiger partial charge in [0.2, 0.25) is 6.79 Å². The molecule has 1 heterocycles. The van der Waals surface area contributed by atoms with E-state index in [1.165, 1.54) is 0 Å². The third kappa shape index (κ3) is 2.85. The monoisotopic (exact) mass is 351 g/mol. The van der Waals surface area contributed by atoms with Crippen molar-refractivity contribution in [3.05, 3.63) is 40.4 Å². The summed E-state index contributed by atoms with van der Waals surface area (Å²) in [5.41, 5.74) is 1.56. The number of nitrogens with one attached hydrogen (secondary N) is 1. The zero-order valence-electron chi connectivity index (χ0n) is 11.4. The number of methoxy groups -OCH3 is 1. The van der Waals surface area contributed by atoms with E-state index in [-0.39, 0.29) is 12.5 Å². The van der Waals surface area contributed by atoms with Gasteiger partial charge in [0, 0.05) is 22.6 Å². The molecule has 0 saturated heterocycles. The number of hydrogen-bond donors (Lipinski definition) is 2. The summed E-state index contributed by atoms with van der Waals surface area (Å²) in [5, 5.41) is 13.3. The number of halogens is 1. The predicted octanol–water partition coefficient (Wildman–Crippen LogP) is 3.50. The summed E-state index contributed by atoms with van der Waals surface area (Å²) in [6.45, 7) is 0.625. The molecule has 2 N–H and O–H groups in total. The average Bonchev–Trinajstić information content (AvgIpc) is 2.92. The molecule has 0 aliphatic carbocycles. The Kier molecular flexibility index (Phi) is 3.79. The van der Waals surface area contributed by atoms with Gasteiger partial charge in [-0.2, -0.15) is 0 Å². The summed E-state index contributed by atoms with van der Waals surface area (Å²) in [5.74, 6) is 2.11. The molecule has 0 aromatic heterocycles. The lowest BCUT2D eigenvalue weighted by Crippen LogP contribution is -2.02. The van der Waals surface area contributed by atoms with Gasteiger partial charge in [0.15, 0.2) is 11.5 Å². The largest absolute Gasteiger partial charge is 0.507 e. The number of rotatable bonds is 4. The Hall–Kier alpha value is -2.08. The van der Waals surface area contributed by atoms with Crippen molar-refractivity contribution in [1.82, 2.24) is 0 Å². The molecular weight excluding hydrogens is 338 g/mol. The average molecular weight is 352 g/mol. The van der Waals surface area contributed by atoms with E-state index in [1.54, 1.807) is 19.2 Å². The van der Waals surface area contributed by atoms with Crippen molar-refractivity contribution in [2.75, 3.05) is 19.2 Å². The maximum atomic E-state index is 10.0. The van der Waals surface area contributed by atoms with Crippen molar-refractivity contribution >= 4 is 21.6 Å². The zero-order valence-corrected chi connectivity index (χ0v) is 12.9. The molecule has 110 valence electrons. The fourth-order valence-electron chi connectivity index (χ4n) is 2.12. The number of aromatic hydroxyl groups is 1. The van der Waals surface area contributed by atoms with Gasteiger partial charge in [0.05, 0.1) is 12.8 Å². The third-order valence-electron chi connectivity index (χ3n) is 3.20. The van der Waals surface area contributed by atoms with Crippen molar-refractivity contribution in [3.8, 4) is 23.0 Å². The number of hydrogen-bond acceptors (Lipinski definition) is 5. The van der Waals surface area contributed by atoms with Gasteiger partial charge in [-0.25, -0.2) is 0 Å². The van der Waals surface area contributed by atoms with Crippen LogP contribution in [0.15, 0.2) is 34.8 Å². The number of anilines is 1. The Labute approximate surface area is 130 Å². The summed E-state index contributed by atoms with van der Waals surface area (Å²) in [6.07, 6.45) is 0. The van der Waals surface area contributed by atoms with E-state index in [2.05, 4.69) is 21.2 Å². The second-order valence-electron chi connectivity index (χ2n) is 4.53. The van der Waals surface area contributed by atoms with Crippen LogP contribution in [0.1, 0.15) is 5.56 Å². The standard InChI is InChI=1S/C15H14BrNO4/c1-19-13-3-2-10(16)5-11(13)17-7-9-4-14-15(6-12(9)18)21-8-20-14/h2-6,17-18H,7-8H2,1H3. The first-order chi connectivity index (χ1) is 10.2. The molecule has 0 atom stereocenters. The van der Waals surface area contributed by atoms with Gasteiger partial charge in [-0.05, 0) is 24.3 Å². The van der Waals surface area contributed by atoms with Crippen molar-refractivity contribution in [1.29, 1.82) is 0 Å². The summed E-state index contributed by atoms with van der Waals surface area (Å²) in [4.78, 5) is 0. The quantitative estimate of drug-likeness (QED) is 0.882. The van der Waals surface area contributed by atoms with Gasteiger partial charge < -0.3 is 24.6 Å². The van der Waals surface area contributed by atoms with Crippen molar-refractivity contribution in [2.24, 2.45) is 0 Å². The molecule has 1 aliphatic rings. The fourth-order valence-corrected chi connectivity index (χ4v) is 2.48. The Morgan fingerprint density at radius 2 is 2.00 bits per heavy atom. The van der Waals surface area contributed by atoms with E-state index in [9.17, 15) is 5.11 Å². The van der Waals surface area contributed by atoms with Crippen LogP contribution in [0.2, 0.25) is 0 Å². The van der Waals surface area contributed by atoms with Crippen LogP contribution in [-0.2, 0) is 6.54 Å². The first-order valence-electron chi connectivity index (χ1n) is 6.36. The zero-order chi connectivity index (χ0) is 14.8. The molecule has 5 nitrogen and oxygen atoms in total. The Bertz CT molecular complexity index is 675. The van der Waals surface area contributed by atoms with E-state index < -0.39 is 0 Å². The van der Waals surface area contributed by atoms with E-state index in [1.807, 2.05) is 18.2 Å². The smallest absolute Gasteiger partial charge is 0.231 e. The summed E-state index contributed by atoms with van der Waals surface area (Å²) in [6, 6.07) is 9.03. The molecule has 0 fully saturated rings. The van der Waals surface area contributed by atoms with Crippen LogP contribution in [-0.4, -0.2) is 19.0 Å². The van der Waals surface area contributed by atoms with Gasteiger partial charge in [-0.1, -0.05) is 15.9 Å². The van der Waals surface area contributed by atoms with Gasteiger partial charge in [-0.3, -0.25) is 0 Å². The highest BCUT2D eigenvalue weighted by molar-refractivity contribution is 9.10. The third-order valence-corrected chi connectivity index (χ3v) is 3.70. The molecule has 21 heavy (non-hydrogen) atoms. The highest BCUT2D eigenvalue weighted by Crippen LogP contribution is 2.38. The van der Waals surface area contributed by atoms with Gasteiger partial charge in [0.25, 0.3) is 0 Å². The minimum atomic E-state index is 0.167. The number of phenols is 1. The predicted molar refractivity (Wildman–Crippen MR) is 82.3 cm³/mol. The number of benzene rings is 2. The first kappa shape index (κ1) is 13.9. The Morgan fingerprint density at radius 3 is 2.76 bits per heavy atom. The second kappa shape index (κ2) is 5.73. The molecule has 0 amide bonds. The molecule has 0 bridgehead atoms. The molecule has 3 rings (SSSR count). The first-order valence-corrected chi connectivity index (χ1v) is 7.15. The Morgan fingerprint density at radius 1 is 1.24 bits per heavy atom. The molecule has 2 aromatic rings. The molecule has 1 aliphatic heterocycles. The van der Waals surface area contributed by atoms with E-state index in [0.717, 1.165) is 21.5 Å². The van der Waals surface area contributed by atoms with E-state index >= 15 is 0 Å². The fraction of sp³-hybridized carbons (Fsp3) is 0.200. The van der Waals surface area contributed by atoms with Crippen LogP contribution < -0.4 is 19.5 Å². The maximum absolute atomic E-state index is 10.0. The summed E-state index contributed by atoms with van der Waals surface area (Å²) in [7, 11) is 1.62. The molecule has 2 aromatic carbocycles. The SMILES string of the molecule is COc1ccc(Br)cc1NCc1cc2c(cc1O)OCO2. The normalized spacial score (nSPS) is 12.3. The topological polar surface area (TPSA) is 60.0 Å². The molecule has 0 spiro atoms. The molecular formula is C15H14BrNO4. The molecule has 0 radical (unpaired) electrons. The van der Waals surface area contributed by atoms with Crippen molar-refractivity contribution in [3.63, 3.8) is 0 Å². The minimum absolute atomic E-state index is 0.167. The highest BCUT2D eigenvalue weighted by atomic mass is 79.9. The van der Waals surface area contributed by atoms with Gasteiger partial charge >= 0.3 is 0 Å². The lowest BCUT2D eigenvalue weighted by Gasteiger charge is -2.13. The van der Waals surface area contributed by atoms with E-state index in [4.69, 9.17) is 14.2 Å². The summed E-state index contributed by atoms with van der Waals surface area (Å²) < 4.78 is 16.8. The molecule has 6 heteroatoms. The number of ether oxygens (including phenoxy) is 3. The van der Waals surface area contributed by atoms with Crippen molar-refractivity contribution in [2.45, 2.75) is 6.54 Å². The van der Waals surface area contributed by atoms with Crippen LogP contribution in [0.5, 0.6) is 23.0 Å². The van der Waals surface area contributed by atoms with Crippen molar-refractivity contribution < 1.29 is 19.3 Å². The van der Waals surface area contributed by atoms with Gasteiger partial charge in [0.1, 0.15) is 11.5 Å². The lowest BCUT2D eigenvalue weighted by atomic mass is 10.1. The molecule has 0 unspecified atom stereocenters. The summed E-state index contributed by atoms with van der Waals surface area (Å²) >= 11 is 3.43. The number of fused-ring (bicyclic) bond motifs is 1. The van der Waals surface area contributed by atoms with Gasteiger partial charge in [-0.15, -0.1) is 0 Å². The van der Waals surface area contributed by atoms with Crippen LogP contribution in [0.3, 0.4) is 0 Å². The van der Waals surface area contributed by atoms with Crippen LogP contribution in [0.4, 0.5) is 5.69 Å². The minimum Gasteiger partial charge on any atom is -0.507 e.